The number of pyridine rings is 1. The number of benzene rings is 2. The predicted octanol–water partition coefficient (Wildman–Crippen LogP) is 5.85. The van der Waals surface area contributed by atoms with Gasteiger partial charge in [-0.25, -0.2) is 9.37 Å². The minimum atomic E-state index is -0.399. The Bertz CT molecular complexity index is 1390. The number of fused-ring (bicyclic) bond motifs is 1. The third-order valence-corrected chi connectivity index (χ3v) is 4.83. The molecule has 1 N–H and O–H groups in total. The molecule has 3 heterocycles. The topological polar surface area (TPSA) is 81.2 Å². The van der Waals surface area contributed by atoms with Crippen molar-refractivity contribution in [2.45, 2.75) is 6.92 Å². The van der Waals surface area contributed by atoms with Crippen LogP contribution in [0.25, 0.3) is 34.0 Å². The second-order valence-corrected chi connectivity index (χ2v) is 7.00. The van der Waals surface area contributed by atoms with Crippen molar-refractivity contribution in [3.05, 3.63) is 90.1 Å². The number of furan rings is 1. The van der Waals surface area contributed by atoms with Gasteiger partial charge in [0, 0.05) is 23.0 Å². The number of amides is 1. The molecule has 0 saturated carbocycles. The summed E-state index contributed by atoms with van der Waals surface area (Å²) < 4.78 is 24.8. The fraction of sp³-hybridized carbons (Fsp3) is 0.0417. The number of aromatic nitrogens is 2. The standard InChI is InChI=1S/C24H16FN3O3/c1-14-12-16(24-28-22-20(31-24)6-3-11-26-22)7-8-18(14)27-23(29)21-10-9-19(30-21)15-4-2-5-17(25)13-15/h2-13H,1H3,(H,27,29). The Morgan fingerprint density at radius 3 is 2.68 bits per heavy atom. The predicted molar refractivity (Wildman–Crippen MR) is 114 cm³/mol. The van der Waals surface area contributed by atoms with Crippen molar-refractivity contribution >= 4 is 22.8 Å². The van der Waals surface area contributed by atoms with E-state index < -0.39 is 5.91 Å². The lowest BCUT2D eigenvalue weighted by Gasteiger charge is -2.08. The number of carbonyl (C=O) groups is 1. The van der Waals surface area contributed by atoms with E-state index in [2.05, 4.69) is 15.3 Å². The number of rotatable bonds is 4. The van der Waals surface area contributed by atoms with Gasteiger partial charge < -0.3 is 14.2 Å². The maximum atomic E-state index is 13.4. The summed E-state index contributed by atoms with van der Waals surface area (Å²) in [5.74, 6) is 0.240. The highest BCUT2D eigenvalue weighted by Gasteiger charge is 2.15. The number of hydrogen-bond acceptors (Lipinski definition) is 5. The van der Waals surface area contributed by atoms with Crippen LogP contribution in [0.5, 0.6) is 0 Å². The van der Waals surface area contributed by atoms with Gasteiger partial charge in [-0.1, -0.05) is 12.1 Å². The summed E-state index contributed by atoms with van der Waals surface area (Å²) in [6.45, 7) is 1.88. The van der Waals surface area contributed by atoms with Crippen molar-refractivity contribution in [1.82, 2.24) is 9.97 Å². The van der Waals surface area contributed by atoms with Crippen LogP contribution in [0.3, 0.4) is 0 Å². The Kier molecular flexibility index (Phi) is 4.55. The summed E-state index contributed by atoms with van der Waals surface area (Å²) in [7, 11) is 0. The van der Waals surface area contributed by atoms with Crippen molar-refractivity contribution in [3.8, 4) is 22.8 Å². The highest BCUT2D eigenvalue weighted by Crippen LogP contribution is 2.28. The normalized spacial score (nSPS) is 11.0. The van der Waals surface area contributed by atoms with Gasteiger partial charge in [-0.2, -0.15) is 4.98 Å². The highest BCUT2D eigenvalue weighted by atomic mass is 19.1. The summed E-state index contributed by atoms with van der Waals surface area (Å²) >= 11 is 0. The number of hydrogen-bond donors (Lipinski definition) is 1. The van der Waals surface area contributed by atoms with E-state index >= 15 is 0 Å². The van der Waals surface area contributed by atoms with Crippen LogP contribution in [-0.2, 0) is 0 Å². The Morgan fingerprint density at radius 1 is 0.968 bits per heavy atom. The summed E-state index contributed by atoms with van der Waals surface area (Å²) in [6, 6.07) is 18.3. The van der Waals surface area contributed by atoms with E-state index in [-0.39, 0.29) is 11.6 Å². The molecule has 5 rings (SSSR count). The third kappa shape index (κ3) is 3.69. The maximum Gasteiger partial charge on any atom is 0.291 e. The van der Waals surface area contributed by atoms with Gasteiger partial charge in [-0.05, 0) is 67.1 Å². The molecular formula is C24H16FN3O3. The molecule has 0 spiro atoms. The van der Waals surface area contributed by atoms with Crippen LogP contribution >= 0.6 is 0 Å². The van der Waals surface area contributed by atoms with Gasteiger partial charge in [-0.3, -0.25) is 4.79 Å². The summed E-state index contributed by atoms with van der Waals surface area (Å²) in [5, 5.41) is 2.84. The quantitative estimate of drug-likeness (QED) is 0.400. The second-order valence-electron chi connectivity index (χ2n) is 7.00. The zero-order valence-electron chi connectivity index (χ0n) is 16.4. The monoisotopic (exact) mass is 413 g/mol. The molecular weight excluding hydrogens is 397 g/mol. The van der Waals surface area contributed by atoms with E-state index in [0.717, 1.165) is 11.1 Å². The first kappa shape index (κ1) is 18.7. The molecule has 3 aromatic heterocycles. The van der Waals surface area contributed by atoms with Gasteiger partial charge in [0.15, 0.2) is 17.0 Å². The minimum absolute atomic E-state index is 0.132. The molecule has 0 radical (unpaired) electrons. The van der Waals surface area contributed by atoms with Crippen LogP contribution in [-0.4, -0.2) is 15.9 Å². The van der Waals surface area contributed by atoms with Crippen LogP contribution in [0, 0.1) is 12.7 Å². The van der Waals surface area contributed by atoms with E-state index in [1.165, 1.54) is 12.1 Å². The average molecular weight is 413 g/mol. The number of anilines is 1. The zero-order valence-corrected chi connectivity index (χ0v) is 16.4. The summed E-state index contributed by atoms with van der Waals surface area (Å²) in [6.07, 6.45) is 1.66. The Balaban J connectivity index is 1.36. The number of halogens is 1. The minimum Gasteiger partial charge on any atom is -0.451 e. The van der Waals surface area contributed by atoms with Crippen LogP contribution in [0.2, 0.25) is 0 Å². The zero-order chi connectivity index (χ0) is 21.4. The van der Waals surface area contributed by atoms with Crippen molar-refractivity contribution in [2.24, 2.45) is 0 Å². The first-order valence-electron chi connectivity index (χ1n) is 9.56. The van der Waals surface area contributed by atoms with Gasteiger partial charge >= 0.3 is 0 Å². The average Bonchev–Trinajstić information content (AvgIpc) is 3.43. The van der Waals surface area contributed by atoms with Crippen molar-refractivity contribution in [3.63, 3.8) is 0 Å². The molecule has 0 unspecified atom stereocenters. The Hall–Kier alpha value is -4.26. The van der Waals surface area contributed by atoms with E-state index in [1.54, 1.807) is 42.6 Å². The maximum absolute atomic E-state index is 13.4. The molecule has 0 bridgehead atoms. The van der Waals surface area contributed by atoms with Crippen molar-refractivity contribution in [1.29, 1.82) is 0 Å². The van der Waals surface area contributed by atoms with Gasteiger partial charge in [0.05, 0.1) is 0 Å². The molecule has 2 aromatic carbocycles. The summed E-state index contributed by atoms with van der Waals surface area (Å²) in [4.78, 5) is 21.2. The Labute approximate surface area is 176 Å². The molecule has 152 valence electrons. The number of nitrogens with zero attached hydrogens (tertiary/aromatic N) is 2. The van der Waals surface area contributed by atoms with E-state index in [0.29, 0.717) is 34.1 Å². The highest BCUT2D eigenvalue weighted by molar-refractivity contribution is 6.03. The van der Waals surface area contributed by atoms with Gasteiger partial charge in [0.2, 0.25) is 5.89 Å². The van der Waals surface area contributed by atoms with Gasteiger partial charge in [-0.15, -0.1) is 0 Å². The van der Waals surface area contributed by atoms with E-state index in [4.69, 9.17) is 8.83 Å². The largest absolute Gasteiger partial charge is 0.451 e. The number of nitrogens with one attached hydrogen (secondary N) is 1. The fourth-order valence-electron chi connectivity index (χ4n) is 3.27. The number of carbonyl (C=O) groups excluding carboxylic acids is 1. The van der Waals surface area contributed by atoms with E-state index in [9.17, 15) is 9.18 Å². The molecule has 31 heavy (non-hydrogen) atoms. The fourth-order valence-corrected chi connectivity index (χ4v) is 3.27. The molecule has 1 amide bonds. The van der Waals surface area contributed by atoms with Crippen LogP contribution < -0.4 is 5.32 Å². The number of oxazole rings is 1. The molecule has 7 heteroatoms. The first-order valence-corrected chi connectivity index (χ1v) is 9.56. The van der Waals surface area contributed by atoms with Crippen molar-refractivity contribution in [2.75, 3.05) is 5.32 Å². The lowest BCUT2D eigenvalue weighted by molar-refractivity contribution is 0.0997. The van der Waals surface area contributed by atoms with Crippen LogP contribution in [0.1, 0.15) is 16.1 Å². The van der Waals surface area contributed by atoms with E-state index in [1.807, 2.05) is 25.1 Å². The smallest absolute Gasteiger partial charge is 0.291 e. The lowest BCUT2D eigenvalue weighted by Crippen LogP contribution is -2.11. The van der Waals surface area contributed by atoms with Crippen LogP contribution in [0.4, 0.5) is 10.1 Å². The summed E-state index contributed by atoms with van der Waals surface area (Å²) in [5.41, 5.74) is 3.95. The Morgan fingerprint density at radius 2 is 1.87 bits per heavy atom. The molecule has 6 nitrogen and oxygen atoms in total. The second kappa shape index (κ2) is 7.53. The first-order chi connectivity index (χ1) is 15.1. The molecule has 5 aromatic rings. The van der Waals surface area contributed by atoms with Gasteiger partial charge in [0.25, 0.3) is 5.91 Å². The SMILES string of the molecule is Cc1cc(-c2nc3ncccc3o2)ccc1NC(=O)c1ccc(-c2cccc(F)c2)o1. The third-order valence-electron chi connectivity index (χ3n) is 4.83. The molecule has 0 aliphatic rings. The molecule has 0 saturated heterocycles. The molecule has 0 fully saturated rings. The van der Waals surface area contributed by atoms with Crippen LogP contribution in [0.15, 0.2) is 81.8 Å². The lowest BCUT2D eigenvalue weighted by atomic mass is 10.1. The van der Waals surface area contributed by atoms with Crippen molar-refractivity contribution < 1.29 is 18.0 Å². The molecule has 0 aliphatic carbocycles. The van der Waals surface area contributed by atoms with Gasteiger partial charge in [0.1, 0.15) is 11.6 Å². The number of aryl methyl sites for hydroxylation is 1. The molecule has 0 atom stereocenters. The molecule has 0 aliphatic heterocycles.